The Morgan fingerprint density at radius 2 is 1.70 bits per heavy atom. The maximum atomic E-state index is 12.9. The predicted octanol–water partition coefficient (Wildman–Crippen LogP) is 6.22. The lowest BCUT2D eigenvalue weighted by Crippen LogP contribution is -2.15. The summed E-state index contributed by atoms with van der Waals surface area (Å²) in [4.78, 5) is 17.5. The van der Waals surface area contributed by atoms with Crippen LogP contribution in [0.25, 0.3) is 17.1 Å². The van der Waals surface area contributed by atoms with E-state index in [-0.39, 0.29) is 5.82 Å². The average Bonchev–Trinajstić information content (AvgIpc) is 3.17. The molecule has 0 radical (unpaired) electrons. The fraction of sp³-hybridized carbons (Fsp3) is 0.0870. The van der Waals surface area contributed by atoms with E-state index < -0.39 is 5.91 Å². The summed E-state index contributed by atoms with van der Waals surface area (Å²) in [7, 11) is 0. The second kappa shape index (κ2) is 8.42. The van der Waals surface area contributed by atoms with Gasteiger partial charge in [0.15, 0.2) is 5.82 Å². The van der Waals surface area contributed by atoms with Crippen molar-refractivity contribution >= 4 is 39.1 Å². The molecule has 1 amide bonds. The van der Waals surface area contributed by atoms with Gasteiger partial charge in [0.2, 0.25) is 5.82 Å². The zero-order valence-electron chi connectivity index (χ0n) is 16.4. The fourth-order valence-corrected chi connectivity index (χ4v) is 3.55. The number of amides is 1. The van der Waals surface area contributed by atoms with Crippen LogP contribution in [0, 0.1) is 13.8 Å². The van der Waals surface area contributed by atoms with Crippen molar-refractivity contribution in [2.75, 3.05) is 5.32 Å². The normalized spacial score (nSPS) is 10.8. The molecule has 0 aliphatic carbocycles. The number of carbonyl (C=O) groups is 1. The number of halogens is 2. The quantitative estimate of drug-likeness (QED) is 0.376. The number of anilines is 1. The van der Waals surface area contributed by atoms with Crippen molar-refractivity contribution < 1.29 is 4.79 Å². The molecule has 0 aliphatic rings. The smallest absolute Gasteiger partial charge is 0.295 e. The van der Waals surface area contributed by atoms with Gasteiger partial charge in [0.25, 0.3) is 5.91 Å². The third-order valence-electron chi connectivity index (χ3n) is 4.65. The molecule has 3 aromatic carbocycles. The summed E-state index contributed by atoms with van der Waals surface area (Å²) in [6, 6.07) is 21.1. The second-order valence-corrected chi connectivity index (χ2v) is 8.22. The summed E-state index contributed by atoms with van der Waals surface area (Å²) >= 11 is 9.70. The van der Waals surface area contributed by atoms with Gasteiger partial charge in [0.05, 0.1) is 16.4 Å². The molecule has 4 rings (SSSR count). The minimum Gasteiger partial charge on any atom is -0.318 e. The summed E-state index contributed by atoms with van der Waals surface area (Å²) in [6.45, 7) is 3.90. The lowest BCUT2D eigenvalue weighted by molar-refractivity contribution is 0.101. The highest BCUT2D eigenvalue weighted by Crippen LogP contribution is 2.27. The molecule has 0 fully saturated rings. The van der Waals surface area contributed by atoms with Crippen molar-refractivity contribution in [3.05, 3.63) is 93.2 Å². The van der Waals surface area contributed by atoms with Crippen molar-refractivity contribution in [1.82, 2.24) is 14.8 Å². The Hall–Kier alpha value is -2.96. The minimum absolute atomic E-state index is 0.0628. The molecule has 0 saturated heterocycles. The van der Waals surface area contributed by atoms with Crippen LogP contribution in [0.1, 0.15) is 21.7 Å². The molecule has 0 spiro atoms. The van der Waals surface area contributed by atoms with E-state index >= 15 is 0 Å². The molecule has 4 aromatic rings. The Balaban J connectivity index is 1.77. The molecule has 1 heterocycles. The van der Waals surface area contributed by atoms with E-state index in [4.69, 9.17) is 11.6 Å². The SMILES string of the molecule is Cc1ccc(-c2nc(C(=O)Nc3c(C)cccc3Cl)nn2-c2ccc(Br)cc2)cc1. The van der Waals surface area contributed by atoms with Crippen molar-refractivity contribution in [1.29, 1.82) is 0 Å². The highest BCUT2D eigenvalue weighted by atomic mass is 79.9. The number of hydrogen-bond acceptors (Lipinski definition) is 3. The maximum Gasteiger partial charge on any atom is 0.295 e. The Kier molecular flexibility index (Phi) is 5.70. The van der Waals surface area contributed by atoms with Crippen LogP contribution >= 0.6 is 27.5 Å². The van der Waals surface area contributed by atoms with Crippen LogP contribution in [0.5, 0.6) is 0 Å². The Labute approximate surface area is 187 Å². The van der Waals surface area contributed by atoms with Gasteiger partial charge in [0, 0.05) is 10.0 Å². The van der Waals surface area contributed by atoms with Gasteiger partial charge in [-0.15, -0.1) is 5.10 Å². The highest BCUT2D eigenvalue weighted by Gasteiger charge is 2.20. The predicted molar refractivity (Wildman–Crippen MR) is 123 cm³/mol. The van der Waals surface area contributed by atoms with Crippen molar-refractivity contribution in [2.45, 2.75) is 13.8 Å². The largest absolute Gasteiger partial charge is 0.318 e. The summed E-state index contributed by atoms with van der Waals surface area (Å²) in [5.41, 5.74) is 4.22. The molecular weight excluding hydrogens is 464 g/mol. The van der Waals surface area contributed by atoms with Gasteiger partial charge < -0.3 is 5.32 Å². The molecule has 1 aromatic heterocycles. The maximum absolute atomic E-state index is 12.9. The van der Waals surface area contributed by atoms with Crippen LogP contribution in [0.3, 0.4) is 0 Å². The van der Waals surface area contributed by atoms with Gasteiger partial charge in [-0.1, -0.05) is 69.5 Å². The first-order valence-corrected chi connectivity index (χ1v) is 10.5. The number of nitrogens with one attached hydrogen (secondary N) is 1. The van der Waals surface area contributed by atoms with Crippen molar-refractivity contribution in [3.8, 4) is 17.1 Å². The van der Waals surface area contributed by atoms with Crippen LogP contribution in [0.15, 0.2) is 71.2 Å². The Bertz CT molecular complexity index is 1130. The monoisotopic (exact) mass is 480 g/mol. The fourth-order valence-electron chi connectivity index (χ4n) is 3.02. The molecule has 1 N–H and O–H groups in total. The highest BCUT2D eigenvalue weighted by molar-refractivity contribution is 9.10. The zero-order valence-corrected chi connectivity index (χ0v) is 18.7. The number of nitrogens with zero attached hydrogens (tertiary/aromatic N) is 3. The van der Waals surface area contributed by atoms with E-state index in [0.29, 0.717) is 16.5 Å². The molecule has 0 saturated carbocycles. The number of para-hydroxylation sites is 1. The lowest BCUT2D eigenvalue weighted by atomic mass is 10.1. The van der Waals surface area contributed by atoms with Gasteiger partial charge in [0.1, 0.15) is 0 Å². The van der Waals surface area contributed by atoms with E-state index in [1.165, 1.54) is 0 Å². The first-order chi connectivity index (χ1) is 14.4. The first-order valence-electron chi connectivity index (χ1n) is 9.29. The van der Waals surface area contributed by atoms with Crippen LogP contribution < -0.4 is 5.32 Å². The topological polar surface area (TPSA) is 59.8 Å². The van der Waals surface area contributed by atoms with E-state index in [1.54, 1.807) is 10.7 Å². The molecular formula is C23H18BrClN4O. The van der Waals surface area contributed by atoms with Crippen molar-refractivity contribution in [2.24, 2.45) is 0 Å². The van der Waals surface area contributed by atoms with Gasteiger partial charge >= 0.3 is 0 Å². The van der Waals surface area contributed by atoms with Crippen LogP contribution in [-0.4, -0.2) is 20.7 Å². The third kappa shape index (κ3) is 4.15. The zero-order chi connectivity index (χ0) is 21.3. The number of carbonyl (C=O) groups excluding carboxylic acids is 1. The van der Waals surface area contributed by atoms with E-state index in [1.807, 2.05) is 74.5 Å². The summed E-state index contributed by atoms with van der Waals surface area (Å²) in [6.07, 6.45) is 0. The first kappa shape index (κ1) is 20.3. The number of aromatic nitrogens is 3. The molecule has 0 aliphatic heterocycles. The molecule has 5 nitrogen and oxygen atoms in total. The number of hydrogen-bond donors (Lipinski definition) is 1. The number of aryl methyl sites for hydroxylation is 2. The number of benzene rings is 3. The van der Waals surface area contributed by atoms with Crippen molar-refractivity contribution in [3.63, 3.8) is 0 Å². The van der Waals surface area contributed by atoms with E-state index in [9.17, 15) is 4.79 Å². The van der Waals surface area contributed by atoms with Crippen LogP contribution in [0.4, 0.5) is 5.69 Å². The van der Waals surface area contributed by atoms with Gasteiger partial charge in [-0.3, -0.25) is 4.79 Å². The van der Waals surface area contributed by atoms with E-state index in [0.717, 1.165) is 26.9 Å². The average molecular weight is 482 g/mol. The molecule has 0 unspecified atom stereocenters. The van der Waals surface area contributed by atoms with Gasteiger partial charge in [-0.05, 0) is 49.7 Å². The molecule has 0 bridgehead atoms. The van der Waals surface area contributed by atoms with Crippen LogP contribution in [0.2, 0.25) is 5.02 Å². The summed E-state index contributed by atoms with van der Waals surface area (Å²) < 4.78 is 2.63. The third-order valence-corrected chi connectivity index (χ3v) is 5.50. The standard InChI is InChI=1S/C23H18BrClN4O/c1-14-6-8-16(9-7-14)22-27-21(28-29(22)18-12-10-17(24)11-13-18)23(30)26-20-15(2)4-3-5-19(20)25/h3-13H,1-2H3,(H,26,30). The molecule has 150 valence electrons. The van der Waals surface area contributed by atoms with E-state index in [2.05, 4.69) is 31.3 Å². The molecule has 30 heavy (non-hydrogen) atoms. The molecule has 7 heteroatoms. The minimum atomic E-state index is -0.421. The lowest BCUT2D eigenvalue weighted by Gasteiger charge is -2.08. The summed E-state index contributed by atoms with van der Waals surface area (Å²) in [5, 5.41) is 7.81. The van der Waals surface area contributed by atoms with Crippen LogP contribution in [-0.2, 0) is 0 Å². The van der Waals surface area contributed by atoms with Gasteiger partial charge in [-0.2, -0.15) is 0 Å². The number of rotatable bonds is 4. The van der Waals surface area contributed by atoms with Gasteiger partial charge in [-0.25, -0.2) is 9.67 Å². The molecule has 0 atom stereocenters. The Morgan fingerprint density at radius 1 is 1.00 bits per heavy atom. The Morgan fingerprint density at radius 3 is 2.37 bits per heavy atom. The summed E-state index contributed by atoms with van der Waals surface area (Å²) in [5.74, 6) is 0.224. The second-order valence-electron chi connectivity index (χ2n) is 6.90.